The fourth-order valence-corrected chi connectivity index (χ4v) is 3.54. The van der Waals surface area contributed by atoms with Gasteiger partial charge in [0.1, 0.15) is 6.61 Å². The molecule has 3 nitrogen and oxygen atoms in total. The molecule has 0 aromatic heterocycles. The molecule has 2 rings (SSSR count). The second kappa shape index (κ2) is 7.37. The fraction of sp³-hybridized carbons (Fsp3) is 0.438. The number of aliphatic hydroxyl groups is 1. The summed E-state index contributed by atoms with van der Waals surface area (Å²) in [4.78, 5) is 14.1. The Kier molecular flexibility index (Phi) is 5.51. The van der Waals surface area contributed by atoms with E-state index in [9.17, 15) is 4.79 Å². The first-order valence-electron chi connectivity index (χ1n) is 6.76. The lowest BCUT2D eigenvalue weighted by Crippen LogP contribution is -2.33. The van der Waals surface area contributed by atoms with Gasteiger partial charge < -0.3 is 10.0 Å². The molecule has 1 unspecified atom stereocenters. The fourth-order valence-electron chi connectivity index (χ4n) is 2.27. The van der Waals surface area contributed by atoms with E-state index in [-0.39, 0.29) is 17.8 Å². The highest BCUT2D eigenvalue weighted by Crippen LogP contribution is 2.27. The van der Waals surface area contributed by atoms with Gasteiger partial charge in [-0.05, 0) is 30.2 Å². The van der Waals surface area contributed by atoms with Crippen molar-refractivity contribution in [2.45, 2.75) is 24.6 Å². The molecule has 1 aliphatic heterocycles. The van der Waals surface area contributed by atoms with Gasteiger partial charge in [-0.3, -0.25) is 4.79 Å². The zero-order valence-corrected chi connectivity index (χ0v) is 12.4. The molecule has 0 saturated carbocycles. The minimum atomic E-state index is -0.151. The van der Waals surface area contributed by atoms with Crippen LogP contribution in [0.5, 0.6) is 0 Å². The molecule has 1 aromatic carbocycles. The molecule has 106 valence electrons. The first kappa shape index (κ1) is 15.0. The van der Waals surface area contributed by atoms with Crippen LogP contribution in [0.25, 0.3) is 0 Å². The van der Waals surface area contributed by atoms with E-state index < -0.39 is 0 Å². The molecule has 1 fully saturated rings. The molecule has 1 aliphatic rings. The Morgan fingerprint density at radius 2 is 2.30 bits per heavy atom. The van der Waals surface area contributed by atoms with Crippen LogP contribution in [0.4, 0.5) is 0 Å². The quantitative estimate of drug-likeness (QED) is 0.864. The van der Waals surface area contributed by atoms with Crippen LogP contribution in [0.2, 0.25) is 0 Å². The molecule has 1 amide bonds. The van der Waals surface area contributed by atoms with Gasteiger partial charge in [0.2, 0.25) is 5.91 Å². The number of amides is 1. The third-order valence-electron chi connectivity index (χ3n) is 3.31. The molecule has 1 aromatic rings. The van der Waals surface area contributed by atoms with Gasteiger partial charge in [0.25, 0.3) is 0 Å². The Balaban J connectivity index is 2.07. The largest absolute Gasteiger partial charge is 0.384 e. The summed E-state index contributed by atoms with van der Waals surface area (Å²) in [5.41, 5.74) is 1.90. The summed E-state index contributed by atoms with van der Waals surface area (Å²) >= 11 is 1.76. The Bertz CT molecular complexity index is 527. The van der Waals surface area contributed by atoms with Gasteiger partial charge in [0, 0.05) is 19.2 Å². The Hall–Kier alpha value is -1.44. The lowest BCUT2D eigenvalue weighted by atomic mass is 10.1. The Morgan fingerprint density at radius 1 is 1.50 bits per heavy atom. The predicted octanol–water partition coefficient (Wildman–Crippen LogP) is 1.88. The van der Waals surface area contributed by atoms with Gasteiger partial charge >= 0.3 is 0 Å². The van der Waals surface area contributed by atoms with Crippen LogP contribution >= 0.6 is 11.8 Å². The van der Waals surface area contributed by atoms with Gasteiger partial charge in [0.15, 0.2) is 0 Å². The summed E-state index contributed by atoms with van der Waals surface area (Å²) in [6, 6.07) is 7.76. The molecule has 0 aliphatic carbocycles. The summed E-state index contributed by atoms with van der Waals surface area (Å²) in [5.74, 6) is 6.89. The number of carbonyl (C=O) groups is 1. The standard InChI is InChI=1S/C16H19NO2S/c1-17(16(19)15-9-5-11-20-15)12-14-7-3-2-6-13(14)8-4-10-18/h2-3,6-7,15,18H,5,9-12H2,1H3. The molecule has 1 heterocycles. The summed E-state index contributed by atoms with van der Waals surface area (Å²) in [7, 11) is 1.84. The SMILES string of the molecule is CN(Cc1ccccc1C#CCO)C(=O)C1CCCS1. The van der Waals surface area contributed by atoms with E-state index >= 15 is 0 Å². The minimum absolute atomic E-state index is 0.121. The van der Waals surface area contributed by atoms with Gasteiger partial charge in [-0.2, -0.15) is 0 Å². The van der Waals surface area contributed by atoms with E-state index in [2.05, 4.69) is 11.8 Å². The van der Waals surface area contributed by atoms with Crippen LogP contribution in [0.3, 0.4) is 0 Å². The molecule has 1 N–H and O–H groups in total. The third kappa shape index (κ3) is 3.78. The number of benzene rings is 1. The smallest absolute Gasteiger partial charge is 0.235 e. The number of hydrogen-bond donors (Lipinski definition) is 1. The van der Waals surface area contributed by atoms with Crippen molar-refractivity contribution in [3.8, 4) is 11.8 Å². The highest BCUT2D eigenvalue weighted by Gasteiger charge is 2.26. The third-order valence-corrected chi connectivity index (χ3v) is 4.67. The van der Waals surface area contributed by atoms with Crippen LogP contribution in [-0.4, -0.2) is 40.6 Å². The summed E-state index contributed by atoms with van der Waals surface area (Å²) in [6.45, 7) is 0.411. The van der Waals surface area contributed by atoms with Crippen molar-refractivity contribution in [3.05, 3.63) is 35.4 Å². The molecule has 0 radical (unpaired) electrons. The Morgan fingerprint density at radius 3 is 3.00 bits per heavy atom. The monoisotopic (exact) mass is 289 g/mol. The first-order chi connectivity index (χ1) is 9.72. The van der Waals surface area contributed by atoms with E-state index in [1.54, 1.807) is 16.7 Å². The van der Waals surface area contributed by atoms with E-state index in [4.69, 9.17) is 5.11 Å². The van der Waals surface area contributed by atoms with Crippen LogP contribution in [0.15, 0.2) is 24.3 Å². The molecular weight excluding hydrogens is 270 g/mol. The van der Waals surface area contributed by atoms with Crippen molar-refractivity contribution in [1.82, 2.24) is 4.90 Å². The van der Waals surface area contributed by atoms with Crippen LogP contribution in [-0.2, 0) is 11.3 Å². The number of rotatable bonds is 3. The second-order valence-electron chi connectivity index (χ2n) is 4.81. The van der Waals surface area contributed by atoms with Crippen LogP contribution in [0.1, 0.15) is 24.0 Å². The van der Waals surface area contributed by atoms with Crippen molar-refractivity contribution in [3.63, 3.8) is 0 Å². The lowest BCUT2D eigenvalue weighted by molar-refractivity contribution is -0.129. The molecule has 1 atom stereocenters. The normalized spacial score (nSPS) is 17.4. The number of thioether (sulfide) groups is 1. The predicted molar refractivity (Wildman–Crippen MR) is 82.4 cm³/mol. The highest BCUT2D eigenvalue weighted by molar-refractivity contribution is 8.00. The number of aliphatic hydroxyl groups excluding tert-OH is 1. The van der Waals surface area contributed by atoms with E-state index in [0.29, 0.717) is 6.54 Å². The van der Waals surface area contributed by atoms with Gasteiger partial charge in [-0.15, -0.1) is 11.8 Å². The minimum Gasteiger partial charge on any atom is -0.384 e. The van der Waals surface area contributed by atoms with Crippen molar-refractivity contribution in [2.24, 2.45) is 0 Å². The van der Waals surface area contributed by atoms with Crippen molar-refractivity contribution in [2.75, 3.05) is 19.4 Å². The van der Waals surface area contributed by atoms with E-state index in [1.165, 1.54) is 0 Å². The molecule has 1 saturated heterocycles. The maximum Gasteiger partial charge on any atom is 0.235 e. The van der Waals surface area contributed by atoms with Crippen LogP contribution < -0.4 is 0 Å². The molecule has 20 heavy (non-hydrogen) atoms. The molecular formula is C16H19NO2S. The molecule has 0 bridgehead atoms. The number of carbonyl (C=O) groups excluding carboxylic acids is 1. The van der Waals surface area contributed by atoms with Gasteiger partial charge in [-0.25, -0.2) is 0 Å². The average molecular weight is 289 g/mol. The number of hydrogen-bond acceptors (Lipinski definition) is 3. The zero-order valence-electron chi connectivity index (χ0n) is 11.6. The zero-order chi connectivity index (χ0) is 14.4. The van der Waals surface area contributed by atoms with Crippen LogP contribution in [0, 0.1) is 11.8 Å². The molecule has 0 spiro atoms. The maximum absolute atomic E-state index is 12.3. The van der Waals surface area contributed by atoms with Gasteiger partial charge in [0.05, 0.1) is 5.25 Å². The summed E-state index contributed by atoms with van der Waals surface area (Å²) in [6.07, 6.45) is 2.12. The maximum atomic E-state index is 12.3. The molecule has 4 heteroatoms. The van der Waals surface area contributed by atoms with Gasteiger partial charge in [-0.1, -0.05) is 30.0 Å². The Labute approximate surface area is 124 Å². The first-order valence-corrected chi connectivity index (χ1v) is 7.81. The summed E-state index contributed by atoms with van der Waals surface area (Å²) in [5, 5.41) is 8.91. The van der Waals surface area contributed by atoms with Crippen molar-refractivity contribution in [1.29, 1.82) is 0 Å². The summed E-state index contributed by atoms with van der Waals surface area (Å²) < 4.78 is 0. The second-order valence-corrected chi connectivity index (χ2v) is 6.12. The topological polar surface area (TPSA) is 40.5 Å². The number of nitrogens with zero attached hydrogens (tertiary/aromatic N) is 1. The van der Waals surface area contributed by atoms with Crippen molar-refractivity contribution < 1.29 is 9.90 Å². The van der Waals surface area contributed by atoms with E-state index in [0.717, 1.165) is 29.7 Å². The average Bonchev–Trinajstić information content (AvgIpc) is 2.99. The van der Waals surface area contributed by atoms with E-state index in [1.807, 2.05) is 31.3 Å². The van der Waals surface area contributed by atoms with Crippen molar-refractivity contribution >= 4 is 17.7 Å². The lowest BCUT2D eigenvalue weighted by Gasteiger charge is -2.21. The highest BCUT2D eigenvalue weighted by atomic mass is 32.2.